The van der Waals surface area contributed by atoms with Gasteiger partial charge in [-0.1, -0.05) is 17.7 Å². The normalized spacial score (nSPS) is 11.1. The number of halogens is 3. The fourth-order valence-electron chi connectivity index (χ4n) is 1.73. The quantitative estimate of drug-likeness (QED) is 0.303. The van der Waals surface area contributed by atoms with Gasteiger partial charge in [0.25, 0.3) is 0 Å². The average Bonchev–Trinajstić information content (AvgIpc) is 2.44. The molecule has 0 aromatic heterocycles. The highest BCUT2D eigenvalue weighted by atomic mass is 127. The summed E-state index contributed by atoms with van der Waals surface area (Å²) in [7, 11) is 3.24. The standard InChI is InChI=1S/C14H21F2N3O2.HI/c1-10-4-5-12(21-13(15)16)11(8-10)9-19-14(17-2)18-6-7-20-3;/h4-5,8,13H,6-7,9H2,1-3H3,(H2,17,18,19);1H. The minimum atomic E-state index is -2.84. The maximum Gasteiger partial charge on any atom is 0.387 e. The van der Waals surface area contributed by atoms with Crippen molar-refractivity contribution in [3.8, 4) is 5.75 Å². The van der Waals surface area contributed by atoms with Crippen LogP contribution in [0.2, 0.25) is 0 Å². The molecule has 0 aliphatic heterocycles. The number of methoxy groups -OCH3 is 1. The van der Waals surface area contributed by atoms with E-state index in [1.54, 1.807) is 32.4 Å². The molecule has 0 fully saturated rings. The first-order valence-electron chi connectivity index (χ1n) is 6.54. The second-order valence-electron chi connectivity index (χ2n) is 4.34. The Morgan fingerprint density at radius 3 is 2.64 bits per heavy atom. The van der Waals surface area contributed by atoms with E-state index in [2.05, 4.69) is 20.4 Å². The number of aryl methyl sites for hydroxylation is 1. The largest absolute Gasteiger partial charge is 0.434 e. The van der Waals surface area contributed by atoms with Crippen molar-refractivity contribution < 1.29 is 18.3 Å². The van der Waals surface area contributed by atoms with Crippen LogP contribution >= 0.6 is 24.0 Å². The molecule has 22 heavy (non-hydrogen) atoms. The molecular formula is C14H22F2IN3O2. The third-order valence-electron chi connectivity index (χ3n) is 2.70. The van der Waals surface area contributed by atoms with E-state index in [1.807, 2.05) is 6.92 Å². The number of rotatable bonds is 7. The Labute approximate surface area is 146 Å². The van der Waals surface area contributed by atoms with Gasteiger partial charge in [0.15, 0.2) is 5.96 Å². The monoisotopic (exact) mass is 429 g/mol. The Morgan fingerprint density at radius 1 is 1.32 bits per heavy atom. The van der Waals surface area contributed by atoms with Gasteiger partial charge in [-0.2, -0.15) is 8.78 Å². The number of guanidine groups is 1. The molecule has 0 amide bonds. The molecule has 0 bridgehead atoms. The molecule has 0 radical (unpaired) electrons. The van der Waals surface area contributed by atoms with Gasteiger partial charge in [-0.3, -0.25) is 4.99 Å². The topological polar surface area (TPSA) is 54.9 Å². The molecule has 1 aromatic rings. The minimum Gasteiger partial charge on any atom is -0.434 e. The van der Waals surface area contributed by atoms with Crippen molar-refractivity contribution in [2.45, 2.75) is 20.1 Å². The van der Waals surface area contributed by atoms with E-state index >= 15 is 0 Å². The summed E-state index contributed by atoms with van der Waals surface area (Å²) >= 11 is 0. The molecule has 0 aliphatic carbocycles. The Kier molecular flexibility index (Phi) is 10.8. The van der Waals surface area contributed by atoms with Gasteiger partial charge in [0, 0.05) is 32.8 Å². The number of benzene rings is 1. The molecule has 1 rings (SSSR count). The van der Waals surface area contributed by atoms with Gasteiger partial charge in [-0.15, -0.1) is 24.0 Å². The number of ether oxygens (including phenoxy) is 2. The SMILES string of the molecule is CN=C(NCCOC)NCc1cc(C)ccc1OC(F)F.I. The highest BCUT2D eigenvalue weighted by molar-refractivity contribution is 14.0. The van der Waals surface area contributed by atoms with E-state index in [1.165, 1.54) is 0 Å². The lowest BCUT2D eigenvalue weighted by molar-refractivity contribution is -0.0504. The van der Waals surface area contributed by atoms with Crippen LogP contribution in [0, 0.1) is 6.92 Å². The maximum atomic E-state index is 12.4. The van der Waals surface area contributed by atoms with Crippen LogP contribution in [0.1, 0.15) is 11.1 Å². The number of alkyl halides is 2. The summed E-state index contributed by atoms with van der Waals surface area (Å²) in [5.74, 6) is 0.729. The second-order valence-corrected chi connectivity index (χ2v) is 4.34. The summed E-state index contributed by atoms with van der Waals surface area (Å²) in [5.41, 5.74) is 1.61. The molecule has 0 saturated heterocycles. The smallest absolute Gasteiger partial charge is 0.387 e. The van der Waals surface area contributed by atoms with E-state index in [9.17, 15) is 8.78 Å². The van der Waals surface area contributed by atoms with E-state index < -0.39 is 6.61 Å². The predicted molar refractivity (Wildman–Crippen MR) is 93.3 cm³/mol. The van der Waals surface area contributed by atoms with E-state index in [4.69, 9.17) is 4.74 Å². The molecule has 0 atom stereocenters. The van der Waals surface area contributed by atoms with Crippen LogP contribution < -0.4 is 15.4 Å². The van der Waals surface area contributed by atoms with Crippen LogP contribution in [0.5, 0.6) is 5.75 Å². The highest BCUT2D eigenvalue weighted by Gasteiger charge is 2.10. The van der Waals surface area contributed by atoms with Crippen molar-refractivity contribution in [2.75, 3.05) is 27.3 Å². The molecule has 2 N–H and O–H groups in total. The molecule has 0 aliphatic rings. The van der Waals surface area contributed by atoms with E-state index in [0.717, 1.165) is 5.56 Å². The van der Waals surface area contributed by atoms with Gasteiger partial charge in [0.1, 0.15) is 5.75 Å². The molecular weight excluding hydrogens is 407 g/mol. The molecule has 0 spiro atoms. The zero-order valence-corrected chi connectivity index (χ0v) is 15.2. The number of hydrogen-bond acceptors (Lipinski definition) is 3. The summed E-state index contributed by atoms with van der Waals surface area (Å²) in [6.07, 6.45) is 0. The zero-order chi connectivity index (χ0) is 15.7. The van der Waals surface area contributed by atoms with Gasteiger partial charge in [-0.25, -0.2) is 0 Å². The first-order chi connectivity index (χ1) is 10.1. The van der Waals surface area contributed by atoms with Crippen LogP contribution in [-0.4, -0.2) is 39.9 Å². The molecule has 0 saturated carbocycles. The fraction of sp³-hybridized carbons (Fsp3) is 0.500. The Bertz CT molecular complexity index is 473. The first kappa shape index (κ1) is 20.8. The summed E-state index contributed by atoms with van der Waals surface area (Å²) in [6, 6.07) is 5.07. The van der Waals surface area contributed by atoms with Crippen molar-refractivity contribution in [2.24, 2.45) is 4.99 Å². The van der Waals surface area contributed by atoms with E-state index in [-0.39, 0.29) is 29.7 Å². The van der Waals surface area contributed by atoms with Crippen LogP contribution in [0.25, 0.3) is 0 Å². The lowest BCUT2D eigenvalue weighted by atomic mass is 10.1. The second kappa shape index (κ2) is 11.4. The molecule has 0 heterocycles. The highest BCUT2D eigenvalue weighted by Crippen LogP contribution is 2.21. The van der Waals surface area contributed by atoms with Crippen LogP contribution in [-0.2, 0) is 11.3 Å². The third kappa shape index (κ3) is 7.74. The summed E-state index contributed by atoms with van der Waals surface area (Å²) in [5, 5.41) is 6.08. The molecule has 126 valence electrons. The van der Waals surface area contributed by atoms with Gasteiger partial charge in [-0.05, 0) is 13.0 Å². The molecule has 5 nitrogen and oxygen atoms in total. The number of hydrogen-bond donors (Lipinski definition) is 2. The van der Waals surface area contributed by atoms with Gasteiger partial charge in [0.2, 0.25) is 0 Å². The molecule has 0 unspecified atom stereocenters. The van der Waals surface area contributed by atoms with Gasteiger partial charge >= 0.3 is 6.61 Å². The van der Waals surface area contributed by atoms with Gasteiger partial charge in [0.05, 0.1) is 6.61 Å². The Hall–Kier alpha value is -1.16. The van der Waals surface area contributed by atoms with Crippen molar-refractivity contribution in [3.63, 3.8) is 0 Å². The Balaban J connectivity index is 0.00000441. The van der Waals surface area contributed by atoms with Crippen molar-refractivity contribution in [1.29, 1.82) is 0 Å². The van der Waals surface area contributed by atoms with E-state index in [0.29, 0.717) is 31.2 Å². The van der Waals surface area contributed by atoms with Crippen molar-refractivity contribution in [3.05, 3.63) is 29.3 Å². The van der Waals surface area contributed by atoms with Gasteiger partial charge < -0.3 is 20.1 Å². The first-order valence-corrected chi connectivity index (χ1v) is 6.54. The lowest BCUT2D eigenvalue weighted by Crippen LogP contribution is -2.38. The van der Waals surface area contributed by atoms with Crippen LogP contribution in [0.15, 0.2) is 23.2 Å². The van der Waals surface area contributed by atoms with Crippen LogP contribution in [0.4, 0.5) is 8.78 Å². The summed E-state index contributed by atoms with van der Waals surface area (Å²) < 4.78 is 34.2. The van der Waals surface area contributed by atoms with Crippen LogP contribution in [0.3, 0.4) is 0 Å². The number of nitrogens with zero attached hydrogens (tertiary/aromatic N) is 1. The molecule has 1 aromatic carbocycles. The Morgan fingerprint density at radius 2 is 2.05 bits per heavy atom. The minimum absolute atomic E-state index is 0. The summed E-state index contributed by atoms with van der Waals surface area (Å²) in [6.45, 7) is 0.526. The number of aliphatic imine (C=N–C) groups is 1. The molecule has 8 heteroatoms. The fourth-order valence-corrected chi connectivity index (χ4v) is 1.73. The lowest BCUT2D eigenvalue weighted by Gasteiger charge is -2.15. The third-order valence-corrected chi connectivity index (χ3v) is 2.70. The predicted octanol–water partition coefficient (Wildman–Crippen LogP) is 2.53. The average molecular weight is 429 g/mol. The summed E-state index contributed by atoms with van der Waals surface area (Å²) in [4.78, 5) is 4.04. The zero-order valence-electron chi connectivity index (χ0n) is 12.9. The van der Waals surface area contributed by atoms with Crippen molar-refractivity contribution in [1.82, 2.24) is 10.6 Å². The number of nitrogens with one attached hydrogen (secondary N) is 2. The maximum absolute atomic E-state index is 12.4. The van der Waals surface area contributed by atoms with Crippen molar-refractivity contribution >= 4 is 29.9 Å².